The summed E-state index contributed by atoms with van der Waals surface area (Å²) in [6.45, 7) is 0.510. The number of amides is 1. The van der Waals surface area contributed by atoms with Gasteiger partial charge in [-0.2, -0.15) is 0 Å². The van der Waals surface area contributed by atoms with E-state index in [2.05, 4.69) is 10.0 Å². The Balaban J connectivity index is 2.21. The summed E-state index contributed by atoms with van der Waals surface area (Å²) < 4.78 is 0. The highest BCUT2D eigenvalue weighted by Crippen LogP contribution is 2.34. The van der Waals surface area contributed by atoms with Gasteiger partial charge in [0.1, 0.15) is 5.75 Å². The first kappa shape index (κ1) is 13.6. The molecule has 0 bridgehead atoms. The second-order valence-corrected chi connectivity index (χ2v) is 4.42. The number of phenols is 1. The molecule has 9 nitrogen and oxygen atoms in total. The lowest BCUT2D eigenvalue weighted by molar-refractivity contribution is -0.384. The van der Waals surface area contributed by atoms with Gasteiger partial charge in [-0.3, -0.25) is 14.9 Å². The lowest BCUT2D eigenvalue weighted by Crippen LogP contribution is -2.24. The molecule has 0 spiro atoms. The summed E-state index contributed by atoms with van der Waals surface area (Å²) in [5.74, 6) is -0.655. The number of phenolic OH excluding ortho intramolecular Hbond substituents is 1. The molecule has 1 saturated heterocycles. The minimum atomic E-state index is -0.625. The summed E-state index contributed by atoms with van der Waals surface area (Å²) in [6, 6.07) is 3.56. The first-order valence-corrected chi connectivity index (χ1v) is 5.81. The van der Waals surface area contributed by atoms with E-state index in [1.54, 1.807) is 0 Å². The van der Waals surface area contributed by atoms with Crippen molar-refractivity contribution in [2.24, 2.45) is 11.0 Å². The third-order valence-corrected chi connectivity index (χ3v) is 3.07. The minimum absolute atomic E-state index is 0.118. The van der Waals surface area contributed by atoms with Crippen LogP contribution in [-0.4, -0.2) is 29.0 Å². The second kappa shape index (κ2) is 5.45. The van der Waals surface area contributed by atoms with Gasteiger partial charge in [0.05, 0.1) is 16.7 Å². The van der Waals surface area contributed by atoms with Crippen LogP contribution in [0.15, 0.2) is 23.3 Å². The molecule has 1 heterocycles. The summed E-state index contributed by atoms with van der Waals surface area (Å²) in [6.07, 6.45) is 0.218. The van der Waals surface area contributed by atoms with Crippen LogP contribution in [0.2, 0.25) is 0 Å². The number of azide groups is 1. The van der Waals surface area contributed by atoms with Gasteiger partial charge < -0.3 is 10.0 Å². The van der Waals surface area contributed by atoms with Crippen LogP contribution in [0.1, 0.15) is 6.42 Å². The molecule has 1 amide bonds. The minimum Gasteiger partial charge on any atom is -0.505 e. The molecule has 104 valence electrons. The van der Waals surface area contributed by atoms with Gasteiger partial charge in [0.25, 0.3) is 5.69 Å². The van der Waals surface area contributed by atoms with Crippen molar-refractivity contribution >= 4 is 17.3 Å². The van der Waals surface area contributed by atoms with Gasteiger partial charge in [-0.25, -0.2) is 0 Å². The predicted octanol–water partition coefficient (Wildman–Crippen LogP) is 1.96. The van der Waals surface area contributed by atoms with E-state index in [4.69, 9.17) is 5.53 Å². The summed E-state index contributed by atoms with van der Waals surface area (Å²) in [5.41, 5.74) is 8.24. The molecule has 1 atom stereocenters. The molecular weight excluding hydrogens is 266 g/mol. The van der Waals surface area contributed by atoms with Crippen molar-refractivity contribution in [2.45, 2.75) is 6.42 Å². The van der Waals surface area contributed by atoms with Gasteiger partial charge in [-0.1, -0.05) is 5.11 Å². The van der Waals surface area contributed by atoms with Crippen LogP contribution < -0.4 is 4.90 Å². The molecule has 2 rings (SSSR count). The number of benzene rings is 1. The van der Waals surface area contributed by atoms with Gasteiger partial charge in [0, 0.05) is 30.5 Å². The Morgan fingerprint density at radius 2 is 2.35 bits per heavy atom. The van der Waals surface area contributed by atoms with E-state index in [1.165, 1.54) is 17.0 Å². The van der Waals surface area contributed by atoms with Crippen molar-refractivity contribution in [2.75, 3.05) is 18.0 Å². The Labute approximate surface area is 113 Å². The zero-order chi connectivity index (χ0) is 14.7. The first-order valence-electron chi connectivity index (χ1n) is 5.81. The topological polar surface area (TPSA) is 132 Å². The van der Waals surface area contributed by atoms with Crippen LogP contribution in [0.3, 0.4) is 0 Å². The molecule has 1 fully saturated rings. The SMILES string of the molecule is [N-]=[N+]=NCC1CC(=O)N(c2ccc([N+](=O)[O-])cc2O)C1. The highest BCUT2D eigenvalue weighted by molar-refractivity contribution is 5.97. The van der Waals surface area contributed by atoms with Crippen LogP contribution in [0, 0.1) is 16.0 Å². The van der Waals surface area contributed by atoms with Crippen molar-refractivity contribution in [3.8, 4) is 5.75 Å². The fourth-order valence-electron chi connectivity index (χ4n) is 2.14. The molecule has 1 aromatic carbocycles. The van der Waals surface area contributed by atoms with E-state index in [0.29, 0.717) is 6.54 Å². The number of aromatic hydroxyl groups is 1. The zero-order valence-corrected chi connectivity index (χ0v) is 10.3. The number of nitro benzene ring substituents is 1. The van der Waals surface area contributed by atoms with Crippen molar-refractivity contribution in [1.29, 1.82) is 0 Å². The fourth-order valence-corrected chi connectivity index (χ4v) is 2.14. The summed E-state index contributed by atoms with van der Waals surface area (Å²) in [5, 5.41) is 23.8. The van der Waals surface area contributed by atoms with E-state index >= 15 is 0 Å². The highest BCUT2D eigenvalue weighted by Gasteiger charge is 2.31. The van der Waals surface area contributed by atoms with Crippen molar-refractivity contribution in [3.05, 3.63) is 38.8 Å². The fraction of sp³-hybridized carbons (Fsp3) is 0.364. The standard InChI is InChI=1S/C11H11N5O4/c12-14-13-5-7-3-11(18)15(6-7)9-2-1-8(16(19)20)4-10(9)17/h1-2,4,7,17H,3,5-6H2. The summed E-state index contributed by atoms with van der Waals surface area (Å²) >= 11 is 0. The van der Waals surface area contributed by atoms with Crippen LogP contribution >= 0.6 is 0 Å². The van der Waals surface area contributed by atoms with Crippen LogP contribution in [-0.2, 0) is 4.79 Å². The summed E-state index contributed by atoms with van der Waals surface area (Å²) in [4.78, 5) is 25.8. The number of hydrogen-bond donors (Lipinski definition) is 1. The molecule has 1 unspecified atom stereocenters. The van der Waals surface area contributed by atoms with Crippen LogP contribution in [0.4, 0.5) is 11.4 Å². The van der Waals surface area contributed by atoms with E-state index in [0.717, 1.165) is 6.07 Å². The molecule has 0 radical (unpaired) electrons. The lowest BCUT2D eigenvalue weighted by atomic mass is 10.1. The molecule has 0 aliphatic carbocycles. The molecule has 1 aliphatic rings. The Morgan fingerprint density at radius 3 is 2.95 bits per heavy atom. The Kier molecular flexibility index (Phi) is 3.72. The maximum absolute atomic E-state index is 11.9. The number of carbonyl (C=O) groups excluding carboxylic acids is 1. The molecule has 1 aromatic rings. The first-order chi connectivity index (χ1) is 9.52. The normalized spacial score (nSPS) is 17.9. The van der Waals surface area contributed by atoms with Gasteiger partial charge in [-0.05, 0) is 17.5 Å². The van der Waals surface area contributed by atoms with Crippen LogP contribution in [0.25, 0.3) is 10.4 Å². The molecular formula is C11H11N5O4. The number of rotatable bonds is 4. The number of hydrogen-bond acceptors (Lipinski definition) is 5. The van der Waals surface area contributed by atoms with E-state index in [1.807, 2.05) is 0 Å². The quantitative estimate of drug-likeness (QED) is 0.296. The van der Waals surface area contributed by atoms with E-state index in [9.17, 15) is 20.0 Å². The maximum Gasteiger partial charge on any atom is 0.273 e. The average Bonchev–Trinajstić information content (AvgIpc) is 2.77. The molecule has 1 aliphatic heterocycles. The highest BCUT2D eigenvalue weighted by atomic mass is 16.6. The number of nitrogens with zero attached hydrogens (tertiary/aromatic N) is 5. The molecule has 0 aromatic heterocycles. The zero-order valence-electron chi connectivity index (χ0n) is 10.3. The predicted molar refractivity (Wildman–Crippen MR) is 69.2 cm³/mol. The van der Waals surface area contributed by atoms with Gasteiger partial charge in [-0.15, -0.1) is 0 Å². The van der Waals surface area contributed by atoms with E-state index < -0.39 is 4.92 Å². The van der Waals surface area contributed by atoms with Gasteiger partial charge >= 0.3 is 0 Å². The Morgan fingerprint density at radius 1 is 1.60 bits per heavy atom. The molecule has 9 heteroatoms. The monoisotopic (exact) mass is 277 g/mol. The summed E-state index contributed by atoms with van der Waals surface area (Å²) in [7, 11) is 0. The van der Waals surface area contributed by atoms with Crippen molar-refractivity contribution < 1.29 is 14.8 Å². The number of carbonyl (C=O) groups is 1. The van der Waals surface area contributed by atoms with Crippen molar-refractivity contribution in [1.82, 2.24) is 0 Å². The largest absolute Gasteiger partial charge is 0.505 e. The third kappa shape index (κ3) is 2.62. The second-order valence-electron chi connectivity index (χ2n) is 4.42. The number of anilines is 1. The smallest absolute Gasteiger partial charge is 0.273 e. The number of nitro groups is 1. The lowest BCUT2D eigenvalue weighted by Gasteiger charge is -2.17. The Hall–Kier alpha value is -2.80. The van der Waals surface area contributed by atoms with E-state index in [-0.39, 0.29) is 41.9 Å². The van der Waals surface area contributed by atoms with Crippen LogP contribution in [0.5, 0.6) is 5.75 Å². The average molecular weight is 277 g/mol. The van der Waals surface area contributed by atoms with Gasteiger partial charge in [0.15, 0.2) is 0 Å². The molecule has 0 saturated carbocycles. The molecule has 20 heavy (non-hydrogen) atoms. The molecule has 1 N–H and O–H groups in total. The Bertz CT molecular complexity index is 611. The maximum atomic E-state index is 11.9. The third-order valence-electron chi connectivity index (χ3n) is 3.07. The van der Waals surface area contributed by atoms with Gasteiger partial charge in [0.2, 0.25) is 5.91 Å². The number of non-ortho nitro benzene ring substituents is 1. The van der Waals surface area contributed by atoms with Crippen molar-refractivity contribution in [3.63, 3.8) is 0 Å².